The molecular formula is C36H54N10O8. The number of carbonyl (C=O) groups is 6. The van der Waals surface area contributed by atoms with Crippen molar-refractivity contribution in [3.05, 3.63) is 71.8 Å². The van der Waals surface area contributed by atoms with E-state index in [2.05, 4.69) is 31.6 Å². The number of aliphatic imine (C=N–C) groups is 1. The standard InChI is InChI=1S/C36H54N10O8/c1-21(2)16-27(44-35(54)29(20-48)46-31(50)24(37)19-47)33(52)45-28(18-23-12-7-4-8-13-23)34(53)42-25(14-9-15-41-36(39)40)32(51)43-26(30(38)49)17-22-10-5-3-6-11-22/h3-8,10-13,21,24-29,47-48H,9,14-20,37H2,1-2H3,(H2,38,49)(H,42,53)(H,43,51)(H,44,54)(H,45,52)(H,46,50)(H4,39,40,41)/t24-,25-,26-,27-,28-,29-/m0/s1. The van der Waals surface area contributed by atoms with Crippen LogP contribution in [0.1, 0.15) is 44.2 Å². The topological polar surface area (TPSA) is 319 Å². The van der Waals surface area contributed by atoms with E-state index in [4.69, 9.17) is 28.0 Å². The fraction of sp³-hybridized carbons (Fsp3) is 0.472. The molecular weight excluding hydrogens is 700 g/mol. The molecule has 296 valence electrons. The van der Waals surface area contributed by atoms with Crippen molar-refractivity contribution in [1.29, 1.82) is 0 Å². The fourth-order valence-corrected chi connectivity index (χ4v) is 5.25. The minimum atomic E-state index is -1.50. The molecule has 2 rings (SSSR count). The van der Waals surface area contributed by atoms with E-state index < -0.39 is 84.9 Å². The molecule has 6 amide bonds. The van der Waals surface area contributed by atoms with E-state index >= 15 is 0 Å². The number of hydrogen-bond donors (Lipinski definition) is 11. The monoisotopic (exact) mass is 754 g/mol. The first kappa shape index (κ1) is 44.6. The summed E-state index contributed by atoms with van der Waals surface area (Å²) in [5, 5.41) is 31.7. The zero-order valence-corrected chi connectivity index (χ0v) is 30.6. The number of amides is 6. The fourth-order valence-electron chi connectivity index (χ4n) is 5.25. The summed E-state index contributed by atoms with van der Waals surface area (Å²) in [6, 6.07) is 9.99. The summed E-state index contributed by atoms with van der Waals surface area (Å²) in [6.07, 6.45) is 0.472. The number of guanidine groups is 1. The number of aliphatic hydroxyl groups is 2. The van der Waals surface area contributed by atoms with Gasteiger partial charge in [-0.15, -0.1) is 0 Å². The molecule has 0 saturated carbocycles. The van der Waals surface area contributed by atoms with E-state index in [9.17, 15) is 33.9 Å². The van der Waals surface area contributed by atoms with Gasteiger partial charge in [0.2, 0.25) is 35.4 Å². The van der Waals surface area contributed by atoms with Gasteiger partial charge in [0.1, 0.15) is 36.3 Å². The number of carbonyl (C=O) groups excluding carboxylic acids is 6. The van der Waals surface area contributed by atoms with Crippen LogP contribution in [-0.2, 0) is 41.6 Å². The third-order valence-corrected chi connectivity index (χ3v) is 8.13. The molecule has 2 aromatic rings. The summed E-state index contributed by atoms with van der Waals surface area (Å²) in [6.45, 7) is 2.20. The molecule has 0 bridgehead atoms. The maximum Gasteiger partial charge on any atom is 0.245 e. The maximum absolute atomic E-state index is 14.0. The zero-order valence-electron chi connectivity index (χ0n) is 30.6. The molecule has 54 heavy (non-hydrogen) atoms. The first-order chi connectivity index (χ1) is 25.6. The zero-order chi connectivity index (χ0) is 40.2. The van der Waals surface area contributed by atoms with E-state index in [1.54, 1.807) is 74.5 Å². The van der Waals surface area contributed by atoms with Gasteiger partial charge in [-0.3, -0.25) is 33.8 Å². The summed E-state index contributed by atoms with van der Waals surface area (Å²) in [7, 11) is 0. The minimum absolute atomic E-state index is 0.0185. The number of nitrogens with two attached hydrogens (primary N) is 4. The first-order valence-corrected chi connectivity index (χ1v) is 17.6. The summed E-state index contributed by atoms with van der Waals surface area (Å²) in [4.78, 5) is 83.1. The predicted octanol–water partition coefficient (Wildman–Crippen LogP) is -3.21. The van der Waals surface area contributed by atoms with Crippen LogP contribution in [0.2, 0.25) is 0 Å². The Morgan fingerprint density at radius 1 is 0.611 bits per heavy atom. The number of benzene rings is 2. The van der Waals surface area contributed by atoms with Gasteiger partial charge in [0.15, 0.2) is 5.96 Å². The number of hydrogen-bond acceptors (Lipinski definition) is 10. The van der Waals surface area contributed by atoms with Gasteiger partial charge in [-0.2, -0.15) is 0 Å². The van der Waals surface area contributed by atoms with Crippen molar-refractivity contribution in [3.8, 4) is 0 Å². The third kappa shape index (κ3) is 16.0. The van der Waals surface area contributed by atoms with Crippen LogP contribution in [0, 0.1) is 5.92 Å². The molecule has 0 heterocycles. The highest BCUT2D eigenvalue weighted by Gasteiger charge is 2.33. The van der Waals surface area contributed by atoms with Gasteiger partial charge < -0.3 is 59.7 Å². The van der Waals surface area contributed by atoms with Crippen molar-refractivity contribution in [2.45, 2.75) is 82.2 Å². The lowest BCUT2D eigenvalue weighted by molar-refractivity contribution is -0.135. The number of primary amides is 1. The SMILES string of the molecule is CC(C)C[C@H](NC(=O)[C@H](CO)NC(=O)[C@@H](N)CO)C(=O)N[C@@H](Cc1ccccc1)C(=O)N[C@@H](CCCN=C(N)N)C(=O)N[C@@H](Cc1ccccc1)C(N)=O. The molecule has 2 aromatic carbocycles. The Morgan fingerprint density at radius 3 is 1.56 bits per heavy atom. The van der Waals surface area contributed by atoms with Gasteiger partial charge >= 0.3 is 0 Å². The molecule has 0 spiro atoms. The van der Waals surface area contributed by atoms with Crippen molar-refractivity contribution in [2.75, 3.05) is 19.8 Å². The van der Waals surface area contributed by atoms with Crippen molar-refractivity contribution in [3.63, 3.8) is 0 Å². The van der Waals surface area contributed by atoms with Crippen LogP contribution in [0.25, 0.3) is 0 Å². The average Bonchev–Trinajstić information content (AvgIpc) is 3.13. The van der Waals surface area contributed by atoms with E-state index in [-0.39, 0.29) is 50.5 Å². The van der Waals surface area contributed by atoms with Crippen molar-refractivity contribution < 1.29 is 39.0 Å². The number of aliphatic hydroxyl groups excluding tert-OH is 2. The molecule has 0 aliphatic rings. The van der Waals surface area contributed by atoms with Gasteiger partial charge in [-0.1, -0.05) is 74.5 Å². The van der Waals surface area contributed by atoms with Gasteiger partial charge in [-0.25, -0.2) is 0 Å². The Morgan fingerprint density at radius 2 is 1.06 bits per heavy atom. The van der Waals surface area contributed by atoms with E-state index in [1.807, 2.05) is 0 Å². The molecule has 0 aromatic heterocycles. The van der Waals surface area contributed by atoms with Crippen LogP contribution in [-0.4, -0.2) is 108 Å². The molecule has 6 atom stereocenters. The quantitative estimate of drug-likeness (QED) is 0.0305. The predicted molar refractivity (Wildman–Crippen MR) is 201 cm³/mol. The smallest absolute Gasteiger partial charge is 0.245 e. The molecule has 0 radical (unpaired) electrons. The van der Waals surface area contributed by atoms with Gasteiger partial charge in [0.25, 0.3) is 0 Å². The maximum atomic E-state index is 14.0. The largest absolute Gasteiger partial charge is 0.394 e. The van der Waals surface area contributed by atoms with Crippen LogP contribution in [0.15, 0.2) is 65.7 Å². The highest BCUT2D eigenvalue weighted by Crippen LogP contribution is 2.10. The average molecular weight is 755 g/mol. The second-order valence-electron chi connectivity index (χ2n) is 13.1. The second kappa shape index (κ2) is 23.2. The van der Waals surface area contributed by atoms with Crippen molar-refractivity contribution in [2.24, 2.45) is 33.8 Å². The molecule has 0 aliphatic carbocycles. The molecule has 18 heteroatoms. The second-order valence-corrected chi connectivity index (χ2v) is 13.1. The molecule has 0 unspecified atom stereocenters. The van der Waals surface area contributed by atoms with Crippen molar-refractivity contribution in [1.82, 2.24) is 26.6 Å². The molecule has 15 N–H and O–H groups in total. The summed E-state index contributed by atoms with van der Waals surface area (Å²) in [5.41, 5.74) is 23.4. The number of nitrogens with zero attached hydrogens (tertiary/aromatic N) is 1. The van der Waals surface area contributed by atoms with Crippen LogP contribution < -0.4 is 49.5 Å². The molecule has 0 fully saturated rings. The van der Waals surface area contributed by atoms with Crippen LogP contribution in [0.4, 0.5) is 0 Å². The number of nitrogens with one attached hydrogen (secondary N) is 5. The van der Waals surface area contributed by atoms with Crippen LogP contribution >= 0.6 is 0 Å². The first-order valence-electron chi connectivity index (χ1n) is 17.6. The van der Waals surface area contributed by atoms with Crippen molar-refractivity contribution >= 4 is 41.4 Å². The van der Waals surface area contributed by atoms with Gasteiger partial charge in [0, 0.05) is 19.4 Å². The lowest BCUT2D eigenvalue weighted by atomic mass is 10.00. The Balaban J connectivity index is 2.37. The molecule has 18 nitrogen and oxygen atoms in total. The van der Waals surface area contributed by atoms with Gasteiger partial charge in [0.05, 0.1) is 13.2 Å². The Bertz CT molecular complexity index is 1560. The lowest BCUT2D eigenvalue weighted by Gasteiger charge is -2.27. The summed E-state index contributed by atoms with van der Waals surface area (Å²) in [5.74, 6) is -5.10. The molecule has 0 aliphatic heterocycles. The lowest BCUT2D eigenvalue weighted by Crippen LogP contribution is -2.60. The Hall–Kier alpha value is -5.59. The van der Waals surface area contributed by atoms with E-state index in [0.29, 0.717) is 5.56 Å². The minimum Gasteiger partial charge on any atom is -0.394 e. The highest BCUT2D eigenvalue weighted by molar-refractivity contribution is 5.96. The van der Waals surface area contributed by atoms with E-state index in [1.165, 1.54) is 0 Å². The normalized spacial score (nSPS) is 14.3. The third-order valence-electron chi connectivity index (χ3n) is 8.13. The number of rotatable bonds is 23. The Kier molecular flexibility index (Phi) is 19.1. The highest BCUT2D eigenvalue weighted by atomic mass is 16.3. The summed E-state index contributed by atoms with van der Waals surface area (Å²) < 4.78 is 0. The Labute approximate surface area is 314 Å². The van der Waals surface area contributed by atoms with Gasteiger partial charge in [-0.05, 0) is 36.3 Å². The van der Waals surface area contributed by atoms with Crippen LogP contribution in [0.5, 0.6) is 0 Å². The molecule has 0 saturated heterocycles. The van der Waals surface area contributed by atoms with E-state index in [0.717, 1.165) is 5.56 Å². The van der Waals surface area contributed by atoms with Crippen LogP contribution in [0.3, 0.4) is 0 Å². The summed E-state index contributed by atoms with van der Waals surface area (Å²) >= 11 is 0.